The zero-order valence-electron chi connectivity index (χ0n) is 7.30. The van der Waals surface area contributed by atoms with Crippen LogP contribution in [0.1, 0.15) is 26.7 Å². The predicted molar refractivity (Wildman–Crippen MR) is 44.6 cm³/mol. The minimum Gasteiger partial charge on any atom is -0.0909 e. The molecule has 0 bridgehead atoms. The van der Waals surface area contributed by atoms with Crippen LogP contribution in [0.5, 0.6) is 0 Å². The molecule has 6 heteroatoms. The maximum atomic E-state index is 8.09. The van der Waals surface area contributed by atoms with E-state index in [-0.39, 0.29) is 12.1 Å². The summed E-state index contributed by atoms with van der Waals surface area (Å²) in [7, 11) is 0. The lowest BCUT2D eigenvalue weighted by Gasteiger charge is -2.02. The summed E-state index contributed by atoms with van der Waals surface area (Å²) in [6.07, 6.45) is 1.58. The van der Waals surface area contributed by atoms with Crippen LogP contribution < -0.4 is 4.91 Å². The standard InChI is InChI=1S/C6H13N6/c1-5(9-11-7)3-4-6(2)10-12-8/h5-7H,3-4H2,1-2H3/q+1. The molecule has 0 radical (unpaired) electrons. The van der Waals surface area contributed by atoms with E-state index in [1.807, 2.05) is 13.8 Å². The average molecular weight is 169 g/mol. The molecule has 6 nitrogen and oxygen atoms in total. The number of nitrogens with one attached hydrogen (secondary N) is 1. The third kappa shape index (κ3) is 5.41. The SMILES string of the molecule is CC(CCC(C)N=[N+]=N)N=[N+]=[N-]. The van der Waals surface area contributed by atoms with Gasteiger partial charge < -0.3 is 0 Å². The summed E-state index contributed by atoms with van der Waals surface area (Å²) in [6.45, 7) is 3.73. The van der Waals surface area contributed by atoms with Crippen LogP contribution in [0.2, 0.25) is 0 Å². The first kappa shape index (κ1) is 10.6. The number of hydrogen-bond donors (Lipinski definition) is 1. The van der Waals surface area contributed by atoms with Crippen molar-refractivity contribution >= 4 is 0 Å². The smallest absolute Gasteiger partial charge is 0.0909 e. The van der Waals surface area contributed by atoms with Crippen LogP contribution in [-0.2, 0) is 0 Å². The van der Waals surface area contributed by atoms with E-state index in [9.17, 15) is 0 Å². The van der Waals surface area contributed by atoms with Gasteiger partial charge in [0.15, 0.2) is 0 Å². The topological polar surface area (TPSA) is 99.1 Å². The molecule has 0 fully saturated rings. The maximum Gasteiger partial charge on any atom is 0.214 e. The second kappa shape index (κ2) is 6.34. The lowest BCUT2D eigenvalue weighted by atomic mass is 10.1. The molecule has 0 aromatic heterocycles. The fourth-order valence-corrected chi connectivity index (χ4v) is 0.785. The molecule has 66 valence electrons. The van der Waals surface area contributed by atoms with Gasteiger partial charge in [0.1, 0.15) is 16.7 Å². The molecule has 12 heavy (non-hydrogen) atoms. The van der Waals surface area contributed by atoms with Crippen molar-refractivity contribution in [2.24, 2.45) is 10.2 Å². The van der Waals surface area contributed by atoms with Crippen LogP contribution in [0.25, 0.3) is 10.4 Å². The van der Waals surface area contributed by atoms with Crippen LogP contribution in [0.3, 0.4) is 0 Å². The lowest BCUT2D eigenvalue weighted by Crippen LogP contribution is -2.03. The Balaban J connectivity index is 3.66. The Labute approximate surface area is 70.8 Å². The van der Waals surface area contributed by atoms with E-state index < -0.39 is 0 Å². The van der Waals surface area contributed by atoms with Crippen LogP contribution in [-0.4, -0.2) is 12.1 Å². The van der Waals surface area contributed by atoms with E-state index in [0.29, 0.717) is 0 Å². The van der Waals surface area contributed by atoms with Gasteiger partial charge in [-0.05, 0) is 25.3 Å². The molecule has 0 heterocycles. The third-order valence-corrected chi connectivity index (χ3v) is 1.51. The summed E-state index contributed by atoms with van der Waals surface area (Å²) in [5.74, 6) is 0. The van der Waals surface area contributed by atoms with Gasteiger partial charge in [0, 0.05) is 11.0 Å². The van der Waals surface area contributed by atoms with Crippen LogP contribution in [0.4, 0.5) is 0 Å². The number of azide groups is 1. The van der Waals surface area contributed by atoms with Crippen molar-refractivity contribution in [1.29, 1.82) is 5.53 Å². The first-order chi connectivity index (χ1) is 5.70. The zero-order valence-corrected chi connectivity index (χ0v) is 7.30. The molecule has 1 N–H and O–H groups in total. The highest BCUT2D eigenvalue weighted by Gasteiger charge is 2.07. The van der Waals surface area contributed by atoms with E-state index in [1.165, 1.54) is 0 Å². The van der Waals surface area contributed by atoms with Crippen LogP contribution >= 0.6 is 0 Å². The summed E-state index contributed by atoms with van der Waals surface area (Å²) in [6, 6.07) is 0.0391. The van der Waals surface area contributed by atoms with Gasteiger partial charge in [0.2, 0.25) is 4.91 Å². The molecule has 0 aliphatic rings. The quantitative estimate of drug-likeness (QED) is 0.371. The largest absolute Gasteiger partial charge is 0.214 e. The highest BCUT2D eigenvalue weighted by Crippen LogP contribution is 2.06. The van der Waals surface area contributed by atoms with Crippen molar-refractivity contribution in [3.8, 4) is 0 Å². The zero-order chi connectivity index (χ0) is 9.40. The van der Waals surface area contributed by atoms with E-state index in [1.54, 1.807) is 0 Å². The second-order valence-corrected chi connectivity index (χ2v) is 2.70. The van der Waals surface area contributed by atoms with Crippen molar-refractivity contribution in [1.82, 2.24) is 4.91 Å². The van der Waals surface area contributed by atoms with Crippen LogP contribution in [0, 0.1) is 5.53 Å². The Morgan fingerprint density at radius 1 is 1.25 bits per heavy atom. The Bertz CT molecular complexity index is 188. The van der Waals surface area contributed by atoms with Gasteiger partial charge in [0.25, 0.3) is 0 Å². The molecule has 0 spiro atoms. The summed E-state index contributed by atoms with van der Waals surface area (Å²) < 4.78 is 0. The Kier molecular flexibility index (Phi) is 5.61. The summed E-state index contributed by atoms with van der Waals surface area (Å²) in [5, 5.41) is 7.13. The fraction of sp³-hybridized carbons (Fsp3) is 1.00. The Hall–Kier alpha value is -1.38. The van der Waals surface area contributed by atoms with Gasteiger partial charge >= 0.3 is 0 Å². The van der Waals surface area contributed by atoms with Gasteiger partial charge in [-0.25, -0.2) is 0 Å². The van der Waals surface area contributed by atoms with E-state index >= 15 is 0 Å². The Morgan fingerprint density at radius 3 is 2.17 bits per heavy atom. The summed E-state index contributed by atoms with van der Waals surface area (Å²) >= 11 is 0. The Morgan fingerprint density at radius 2 is 1.75 bits per heavy atom. The molecular formula is C6H13N6+. The highest BCUT2D eigenvalue weighted by molar-refractivity contribution is 4.64. The van der Waals surface area contributed by atoms with Crippen LogP contribution in [0.15, 0.2) is 10.2 Å². The minimum atomic E-state index is -0.00150. The normalized spacial score (nSPS) is 13.8. The number of nitrogens with zero attached hydrogens (tertiary/aromatic N) is 5. The third-order valence-electron chi connectivity index (χ3n) is 1.51. The monoisotopic (exact) mass is 169 g/mol. The molecule has 2 atom stereocenters. The molecule has 0 amide bonds. The number of hydrogen-bond acceptors (Lipinski definition) is 3. The highest BCUT2D eigenvalue weighted by atomic mass is 15.2. The van der Waals surface area contributed by atoms with Crippen molar-refractivity contribution < 1.29 is 0 Å². The van der Waals surface area contributed by atoms with Crippen molar-refractivity contribution in [3.05, 3.63) is 10.4 Å². The van der Waals surface area contributed by atoms with Crippen molar-refractivity contribution in [3.63, 3.8) is 0 Å². The van der Waals surface area contributed by atoms with E-state index in [0.717, 1.165) is 12.8 Å². The van der Waals surface area contributed by atoms with Gasteiger partial charge in [0.05, 0.1) is 0 Å². The van der Waals surface area contributed by atoms with Gasteiger partial charge in [-0.1, -0.05) is 12.0 Å². The molecule has 0 saturated heterocycles. The van der Waals surface area contributed by atoms with Gasteiger partial charge in [-0.15, -0.1) is 0 Å². The maximum absolute atomic E-state index is 8.09. The minimum absolute atomic E-state index is 0.00150. The predicted octanol–water partition coefficient (Wildman–Crippen LogP) is 2.40. The molecule has 2 unspecified atom stereocenters. The second-order valence-electron chi connectivity index (χ2n) is 2.70. The average Bonchev–Trinajstić information content (AvgIpc) is 2.02. The first-order valence-corrected chi connectivity index (χ1v) is 3.81. The molecule has 0 aliphatic carbocycles. The molecule has 0 aromatic rings. The van der Waals surface area contributed by atoms with Gasteiger partial charge in [-0.2, -0.15) is 0 Å². The van der Waals surface area contributed by atoms with Crippen molar-refractivity contribution in [2.45, 2.75) is 38.8 Å². The summed E-state index contributed by atoms with van der Waals surface area (Å²) in [5.41, 5.74) is 14.6. The first-order valence-electron chi connectivity index (χ1n) is 3.81. The molecule has 0 saturated carbocycles. The molecule has 0 aromatic carbocycles. The van der Waals surface area contributed by atoms with E-state index in [4.69, 9.17) is 11.1 Å². The summed E-state index contributed by atoms with van der Waals surface area (Å²) in [4.78, 5) is 5.62. The van der Waals surface area contributed by atoms with Crippen molar-refractivity contribution in [2.75, 3.05) is 0 Å². The fourth-order valence-electron chi connectivity index (χ4n) is 0.785. The molecular weight excluding hydrogens is 156 g/mol. The molecule has 0 aliphatic heterocycles. The molecule has 0 rings (SSSR count). The lowest BCUT2D eigenvalue weighted by molar-refractivity contribution is 0.543. The number of rotatable bonds is 5. The van der Waals surface area contributed by atoms with E-state index in [2.05, 4.69) is 20.1 Å². The van der Waals surface area contributed by atoms with Gasteiger partial charge in [-0.3, -0.25) is 0 Å².